The predicted molar refractivity (Wildman–Crippen MR) is 134 cm³/mol. The van der Waals surface area contributed by atoms with Crippen LogP contribution in [0.3, 0.4) is 0 Å². The van der Waals surface area contributed by atoms with Crippen LogP contribution in [0.5, 0.6) is 5.75 Å². The van der Waals surface area contributed by atoms with Gasteiger partial charge in [0.05, 0.1) is 28.3 Å². The number of benzene rings is 2. The van der Waals surface area contributed by atoms with Crippen molar-refractivity contribution in [1.29, 1.82) is 0 Å². The lowest BCUT2D eigenvalue weighted by Crippen LogP contribution is -2.45. The minimum Gasteiger partial charge on any atom is -0.495 e. The van der Waals surface area contributed by atoms with Crippen LogP contribution in [0, 0.1) is 11.8 Å². The molecule has 0 unspecified atom stereocenters. The minimum absolute atomic E-state index is 0.0176. The second-order valence-corrected chi connectivity index (χ2v) is 11.2. The number of amides is 1. The number of sulfonamides is 1. The van der Waals surface area contributed by atoms with Gasteiger partial charge in [-0.3, -0.25) is 9.10 Å². The van der Waals surface area contributed by atoms with Gasteiger partial charge in [-0.05, 0) is 48.6 Å². The number of methoxy groups -OCH3 is 1. The van der Waals surface area contributed by atoms with Crippen LogP contribution in [-0.4, -0.2) is 47.1 Å². The Morgan fingerprint density at radius 1 is 1.14 bits per heavy atom. The molecule has 35 heavy (non-hydrogen) atoms. The van der Waals surface area contributed by atoms with Gasteiger partial charge in [0.15, 0.2) is 6.61 Å². The van der Waals surface area contributed by atoms with Crippen molar-refractivity contribution in [3.63, 3.8) is 0 Å². The van der Waals surface area contributed by atoms with E-state index in [2.05, 4.69) is 19.2 Å². The molecule has 190 valence electrons. The van der Waals surface area contributed by atoms with Gasteiger partial charge in [0.2, 0.25) is 0 Å². The molecule has 0 bridgehead atoms. The van der Waals surface area contributed by atoms with Crippen LogP contribution in [0.4, 0.5) is 5.69 Å². The van der Waals surface area contributed by atoms with Gasteiger partial charge in [0.1, 0.15) is 5.75 Å². The summed E-state index contributed by atoms with van der Waals surface area (Å²) in [6.07, 6.45) is 3.06. The topological polar surface area (TPSA) is 102 Å². The highest BCUT2D eigenvalue weighted by atomic mass is 35.5. The van der Waals surface area contributed by atoms with E-state index in [1.165, 1.54) is 26.3 Å². The molecule has 2 aromatic carbocycles. The van der Waals surface area contributed by atoms with Gasteiger partial charge in [-0.15, -0.1) is 0 Å². The fourth-order valence-electron chi connectivity index (χ4n) is 4.24. The minimum atomic E-state index is -4.05. The zero-order valence-electron chi connectivity index (χ0n) is 20.3. The van der Waals surface area contributed by atoms with E-state index in [-0.39, 0.29) is 21.5 Å². The van der Waals surface area contributed by atoms with Crippen molar-refractivity contribution in [2.24, 2.45) is 11.8 Å². The molecule has 8 nitrogen and oxygen atoms in total. The van der Waals surface area contributed by atoms with Crippen molar-refractivity contribution in [2.45, 2.75) is 44.0 Å². The number of nitrogens with zero attached hydrogens (tertiary/aromatic N) is 1. The molecule has 1 N–H and O–H groups in total. The van der Waals surface area contributed by atoms with E-state index < -0.39 is 28.5 Å². The summed E-state index contributed by atoms with van der Waals surface area (Å²) in [5.74, 6) is -0.0683. The average Bonchev–Trinajstić information content (AvgIpc) is 2.85. The molecule has 0 spiro atoms. The molecule has 10 heteroatoms. The number of anilines is 1. The molecule has 0 aromatic heterocycles. The van der Waals surface area contributed by atoms with Gasteiger partial charge in [0, 0.05) is 13.1 Å². The third kappa shape index (κ3) is 6.08. The molecule has 0 heterocycles. The highest BCUT2D eigenvalue weighted by Crippen LogP contribution is 2.32. The first-order valence-corrected chi connectivity index (χ1v) is 13.3. The smallest absolute Gasteiger partial charge is 0.340 e. The molecule has 0 saturated heterocycles. The Kier molecular flexibility index (Phi) is 8.66. The second kappa shape index (κ2) is 11.3. The Hall–Kier alpha value is -2.78. The van der Waals surface area contributed by atoms with Crippen molar-refractivity contribution < 1.29 is 27.5 Å². The maximum absolute atomic E-state index is 13.2. The van der Waals surface area contributed by atoms with E-state index >= 15 is 0 Å². The van der Waals surface area contributed by atoms with Gasteiger partial charge in [-0.2, -0.15) is 0 Å². The number of hydrogen-bond acceptors (Lipinski definition) is 6. The molecule has 1 aliphatic carbocycles. The molecule has 3 atom stereocenters. The van der Waals surface area contributed by atoms with E-state index in [0.29, 0.717) is 23.3 Å². The fraction of sp³-hybridized carbons (Fsp3) is 0.440. The van der Waals surface area contributed by atoms with Crippen molar-refractivity contribution in [2.75, 3.05) is 25.1 Å². The normalized spacial score (nSPS) is 20.1. The van der Waals surface area contributed by atoms with E-state index in [0.717, 1.165) is 29.6 Å². The molecule has 1 saturated carbocycles. The van der Waals surface area contributed by atoms with Crippen LogP contribution in [0.1, 0.15) is 43.5 Å². The SMILES string of the molecule is COc1ccccc1N(C)S(=O)(=O)c1ccc(Cl)c(C(=O)OCC(=O)N[C@H]2CCC[C@H](C)[C@H]2C)c1. The number of rotatable bonds is 8. The van der Waals surface area contributed by atoms with Crippen molar-refractivity contribution in [1.82, 2.24) is 5.32 Å². The van der Waals surface area contributed by atoms with Crippen LogP contribution in [-0.2, 0) is 19.6 Å². The summed E-state index contributed by atoms with van der Waals surface area (Å²) in [6.45, 7) is 3.79. The molecular weight excluding hydrogens is 492 g/mol. The summed E-state index contributed by atoms with van der Waals surface area (Å²) in [5, 5.41) is 2.95. The van der Waals surface area contributed by atoms with Crippen LogP contribution < -0.4 is 14.4 Å². The molecular formula is C25H31ClN2O6S. The third-order valence-electron chi connectivity index (χ3n) is 6.63. The first-order chi connectivity index (χ1) is 16.6. The van der Waals surface area contributed by atoms with Crippen molar-refractivity contribution in [3.05, 3.63) is 53.1 Å². The first kappa shape index (κ1) is 26.8. The maximum Gasteiger partial charge on any atom is 0.340 e. The zero-order chi connectivity index (χ0) is 25.8. The summed E-state index contributed by atoms with van der Waals surface area (Å²) in [6, 6.07) is 10.5. The van der Waals surface area contributed by atoms with E-state index in [4.69, 9.17) is 21.1 Å². The van der Waals surface area contributed by atoms with E-state index in [1.807, 2.05) is 0 Å². The summed E-state index contributed by atoms with van der Waals surface area (Å²) < 4.78 is 38.0. The Bertz CT molecular complexity index is 1190. The molecule has 0 radical (unpaired) electrons. The highest BCUT2D eigenvalue weighted by molar-refractivity contribution is 7.92. The van der Waals surface area contributed by atoms with E-state index in [9.17, 15) is 18.0 Å². The van der Waals surface area contributed by atoms with Gasteiger partial charge in [-0.25, -0.2) is 13.2 Å². The monoisotopic (exact) mass is 522 g/mol. The van der Waals surface area contributed by atoms with Crippen LogP contribution in [0.25, 0.3) is 0 Å². The number of hydrogen-bond donors (Lipinski definition) is 1. The Morgan fingerprint density at radius 3 is 2.57 bits per heavy atom. The van der Waals surface area contributed by atoms with Gasteiger partial charge < -0.3 is 14.8 Å². The fourth-order valence-corrected chi connectivity index (χ4v) is 5.67. The number of carbonyl (C=O) groups is 2. The Labute approximate surface area is 211 Å². The lowest BCUT2D eigenvalue weighted by atomic mass is 9.78. The standard InChI is InChI=1S/C25H31ClN2O6S/c1-16-8-7-9-21(17(16)2)27-24(29)15-34-25(30)19-14-18(12-13-20(19)26)35(31,32)28(3)22-10-5-6-11-23(22)33-4/h5-6,10-14,16-17,21H,7-9,15H2,1-4H3,(H,27,29)/t16-,17+,21-/m0/s1. The van der Waals surface area contributed by atoms with E-state index in [1.54, 1.807) is 24.3 Å². The number of esters is 1. The lowest BCUT2D eigenvalue weighted by Gasteiger charge is -2.34. The molecule has 1 aliphatic rings. The van der Waals surface area contributed by atoms with Gasteiger partial charge >= 0.3 is 5.97 Å². The summed E-state index contributed by atoms with van der Waals surface area (Å²) in [4.78, 5) is 24.9. The van der Waals surface area contributed by atoms with Crippen LogP contribution in [0.15, 0.2) is 47.4 Å². The first-order valence-electron chi connectivity index (χ1n) is 11.4. The third-order valence-corrected chi connectivity index (χ3v) is 8.73. The molecule has 1 fully saturated rings. The Morgan fingerprint density at radius 2 is 1.86 bits per heavy atom. The summed E-state index contributed by atoms with van der Waals surface area (Å²) in [5.41, 5.74) is 0.186. The number of halogens is 1. The molecule has 0 aliphatic heterocycles. The molecule has 3 rings (SSSR count). The molecule has 2 aromatic rings. The summed E-state index contributed by atoms with van der Waals surface area (Å²) >= 11 is 6.16. The maximum atomic E-state index is 13.2. The van der Waals surface area contributed by atoms with Gasteiger partial charge in [-0.1, -0.05) is 50.4 Å². The number of para-hydroxylation sites is 2. The van der Waals surface area contributed by atoms with Gasteiger partial charge in [0.25, 0.3) is 15.9 Å². The quantitative estimate of drug-likeness (QED) is 0.519. The summed E-state index contributed by atoms with van der Waals surface area (Å²) in [7, 11) is -1.22. The predicted octanol–water partition coefficient (Wildman–Crippen LogP) is 4.27. The number of nitrogens with one attached hydrogen (secondary N) is 1. The average molecular weight is 523 g/mol. The van der Waals surface area contributed by atoms with Crippen LogP contribution in [0.2, 0.25) is 5.02 Å². The number of carbonyl (C=O) groups excluding carboxylic acids is 2. The highest BCUT2D eigenvalue weighted by Gasteiger charge is 2.29. The largest absolute Gasteiger partial charge is 0.495 e. The van der Waals surface area contributed by atoms with Crippen molar-refractivity contribution in [3.8, 4) is 5.75 Å². The zero-order valence-corrected chi connectivity index (χ0v) is 21.9. The van der Waals surface area contributed by atoms with Crippen molar-refractivity contribution >= 4 is 39.2 Å². The second-order valence-electron chi connectivity index (χ2n) is 8.80. The number of ether oxygens (including phenoxy) is 2. The lowest BCUT2D eigenvalue weighted by molar-refractivity contribution is -0.125. The molecule has 1 amide bonds. The van der Waals surface area contributed by atoms with Crippen LogP contribution >= 0.6 is 11.6 Å². The Balaban J connectivity index is 1.72.